The Hall–Kier alpha value is -3.78. The van der Waals surface area contributed by atoms with Crippen molar-refractivity contribution in [3.8, 4) is 5.75 Å². The molecule has 1 aliphatic heterocycles. The molecule has 3 aromatic rings. The van der Waals surface area contributed by atoms with Crippen LogP contribution in [0.3, 0.4) is 0 Å². The monoisotopic (exact) mass is 508 g/mol. The van der Waals surface area contributed by atoms with Gasteiger partial charge in [0.05, 0.1) is 19.1 Å². The summed E-state index contributed by atoms with van der Waals surface area (Å²) >= 11 is 0. The smallest absolute Gasteiger partial charge is 0.272 e. The highest BCUT2D eigenvalue weighted by molar-refractivity contribution is 6.00. The predicted molar refractivity (Wildman–Crippen MR) is 137 cm³/mol. The Bertz CT molecular complexity index is 1250. The fourth-order valence-corrected chi connectivity index (χ4v) is 4.42. The van der Waals surface area contributed by atoms with E-state index in [2.05, 4.69) is 10.6 Å². The molecule has 0 aromatic heterocycles. The van der Waals surface area contributed by atoms with Crippen LogP contribution in [-0.2, 0) is 22.0 Å². The molecule has 2 N–H and O–H groups in total. The third-order valence-electron chi connectivity index (χ3n) is 6.56. The number of methoxy groups -OCH3 is 1. The fraction of sp³-hybridized carbons (Fsp3) is 0.310. The Kier molecular flexibility index (Phi) is 7.88. The van der Waals surface area contributed by atoms with Crippen LogP contribution in [0.25, 0.3) is 0 Å². The number of hydrogen-bond acceptors (Lipinski definition) is 5. The van der Waals surface area contributed by atoms with Gasteiger partial charge in [0.1, 0.15) is 5.75 Å². The molecule has 0 aliphatic carbocycles. The third kappa shape index (κ3) is 6.32. The number of hydrogen-bond donors (Lipinski definition) is 2. The zero-order valence-electron chi connectivity index (χ0n) is 20.9. The maximum Gasteiger partial charge on any atom is 0.272 e. The summed E-state index contributed by atoms with van der Waals surface area (Å²) < 4.78 is 38.5. The lowest BCUT2D eigenvalue weighted by molar-refractivity contribution is -0.131. The number of halogens is 2. The molecule has 0 spiro atoms. The van der Waals surface area contributed by atoms with Crippen molar-refractivity contribution in [2.24, 2.45) is 5.41 Å². The van der Waals surface area contributed by atoms with Crippen LogP contribution >= 0.6 is 0 Å². The highest BCUT2D eigenvalue weighted by atomic mass is 19.3. The molecule has 1 fully saturated rings. The van der Waals surface area contributed by atoms with Gasteiger partial charge < -0.3 is 20.1 Å². The Morgan fingerprint density at radius 2 is 1.81 bits per heavy atom. The first kappa shape index (κ1) is 26.3. The molecule has 0 unspecified atom stereocenters. The number of carbonyl (C=O) groups is 2. The maximum atomic E-state index is 13.9. The SMILES string of the molecule is COc1cccc(C(=O)C[C@@]2(C(=O)NCc3ccc(Nc4ccccc4C(C)(F)F)cc3)CCOC2)c1. The highest BCUT2D eigenvalue weighted by Crippen LogP contribution is 2.36. The van der Waals surface area contributed by atoms with Gasteiger partial charge in [0.2, 0.25) is 5.91 Å². The second-order valence-electron chi connectivity index (χ2n) is 9.35. The molecule has 1 aliphatic rings. The largest absolute Gasteiger partial charge is 0.497 e. The van der Waals surface area contributed by atoms with E-state index in [1.165, 1.54) is 13.2 Å². The Labute approximate surface area is 215 Å². The lowest BCUT2D eigenvalue weighted by Crippen LogP contribution is -2.42. The molecule has 194 valence electrons. The van der Waals surface area contributed by atoms with Gasteiger partial charge in [-0.1, -0.05) is 42.5 Å². The fourth-order valence-electron chi connectivity index (χ4n) is 4.42. The van der Waals surface area contributed by atoms with Crippen molar-refractivity contribution in [3.63, 3.8) is 0 Å². The van der Waals surface area contributed by atoms with Crippen molar-refractivity contribution in [3.05, 3.63) is 89.5 Å². The van der Waals surface area contributed by atoms with E-state index < -0.39 is 11.3 Å². The molecule has 0 saturated carbocycles. The van der Waals surface area contributed by atoms with Gasteiger partial charge in [-0.25, -0.2) is 8.78 Å². The average Bonchev–Trinajstić information content (AvgIpc) is 3.37. The van der Waals surface area contributed by atoms with E-state index in [-0.39, 0.29) is 36.8 Å². The van der Waals surface area contributed by atoms with Crippen molar-refractivity contribution in [1.82, 2.24) is 5.32 Å². The summed E-state index contributed by atoms with van der Waals surface area (Å²) in [7, 11) is 1.54. The molecular formula is C29H30F2N2O4. The number of nitrogens with one attached hydrogen (secondary N) is 2. The van der Waals surface area contributed by atoms with Gasteiger partial charge in [-0.05, 0) is 42.3 Å². The summed E-state index contributed by atoms with van der Waals surface area (Å²) in [5.74, 6) is -2.77. The second kappa shape index (κ2) is 11.1. The van der Waals surface area contributed by atoms with E-state index in [1.54, 1.807) is 54.6 Å². The summed E-state index contributed by atoms with van der Waals surface area (Å²) in [6.07, 6.45) is 0.495. The summed E-state index contributed by atoms with van der Waals surface area (Å²) in [5, 5.41) is 5.98. The minimum Gasteiger partial charge on any atom is -0.497 e. The zero-order valence-corrected chi connectivity index (χ0v) is 20.9. The number of carbonyl (C=O) groups excluding carboxylic acids is 2. The van der Waals surface area contributed by atoms with Crippen LogP contribution in [0.4, 0.5) is 20.2 Å². The van der Waals surface area contributed by atoms with Crippen LogP contribution in [0.1, 0.15) is 41.3 Å². The van der Waals surface area contributed by atoms with Crippen LogP contribution in [0.2, 0.25) is 0 Å². The number of anilines is 2. The summed E-state index contributed by atoms with van der Waals surface area (Å²) in [6, 6.07) is 20.3. The number of ether oxygens (including phenoxy) is 2. The lowest BCUT2D eigenvalue weighted by atomic mass is 9.80. The number of ketones is 1. The molecule has 0 radical (unpaired) electrons. The van der Waals surface area contributed by atoms with Crippen molar-refractivity contribution in [2.45, 2.75) is 32.2 Å². The molecule has 1 amide bonds. The normalized spacial score (nSPS) is 17.3. The van der Waals surface area contributed by atoms with Crippen molar-refractivity contribution in [2.75, 3.05) is 25.6 Å². The Morgan fingerprint density at radius 1 is 1.05 bits per heavy atom. The molecular weight excluding hydrogens is 478 g/mol. The van der Waals surface area contributed by atoms with E-state index in [0.717, 1.165) is 12.5 Å². The number of benzene rings is 3. The number of alkyl halides is 2. The van der Waals surface area contributed by atoms with Crippen LogP contribution in [-0.4, -0.2) is 32.0 Å². The summed E-state index contributed by atoms with van der Waals surface area (Å²) in [6.45, 7) is 1.72. The van der Waals surface area contributed by atoms with Gasteiger partial charge >= 0.3 is 0 Å². The van der Waals surface area contributed by atoms with Gasteiger partial charge in [0, 0.05) is 49.0 Å². The van der Waals surface area contributed by atoms with Gasteiger partial charge in [-0.3, -0.25) is 9.59 Å². The number of para-hydroxylation sites is 1. The highest BCUT2D eigenvalue weighted by Gasteiger charge is 2.44. The number of rotatable bonds is 10. The molecule has 3 aromatic carbocycles. The minimum atomic E-state index is -2.97. The van der Waals surface area contributed by atoms with Gasteiger partial charge in [-0.2, -0.15) is 0 Å². The first-order chi connectivity index (χ1) is 17.7. The first-order valence-electron chi connectivity index (χ1n) is 12.1. The van der Waals surface area contributed by atoms with Crippen LogP contribution in [0.15, 0.2) is 72.8 Å². The van der Waals surface area contributed by atoms with Gasteiger partial charge in [-0.15, -0.1) is 0 Å². The second-order valence-corrected chi connectivity index (χ2v) is 9.35. The van der Waals surface area contributed by atoms with E-state index in [0.29, 0.717) is 35.7 Å². The topological polar surface area (TPSA) is 76.7 Å². The van der Waals surface area contributed by atoms with Crippen molar-refractivity contribution in [1.29, 1.82) is 0 Å². The molecule has 37 heavy (non-hydrogen) atoms. The molecule has 1 heterocycles. The average molecular weight is 509 g/mol. The third-order valence-corrected chi connectivity index (χ3v) is 6.56. The maximum absolute atomic E-state index is 13.9. The predicted octanol–water partition coefficient (Wildman–Crippen LogP) is 5.85. The van der Waals surface area contributed by atoms with Crippen molar-refractivity contribution < 1.29 is 27.8 Å². The van der Waals surface area contributed by atoms with Gasteiger partial charge in [0.15, 0.2) is 5.78 Å². The van der Waals surface area contributed by atoms with E-state index in [4.69, 9.17) is 9.47 Å². The molecule has 8 heteroatoms. The number of amides is 1. The van der Waals surface area contributed by atoms with E-state index >= 15 is 0 Å². The standard InChI is InChI=1S/C29H30F2N2O4/c1-28(30,31)24-8-3-4-9-25(24)33-22-12-10-20(11-13-22)18-32-27(35)29(14-15-37-19-29)17-26(34)21-6-5-7-23(16-21)36-2/h3-13,16,33H,14-15,17-19H2,1-2H3,(H,32,35)/t29-/m0/s1. The molecule has 1 atom stereocenters. The van der Waals surface area contributed by atoms with Crippen LogP contribution in [0, 0.1) is 5.41 Å². The van der Waals surface area contributed by atoms with Gasteiger partial charge in [0.25, 0.3) is 5.92 Å². The Balaban J connectivity index is 1.39. The minimum absolute atomic E-state index is 0.0380. The Morgan fingerprint density at radius 3 is 2.49 bits per heavy atom. The van der Waals surface area contributed by atoms with Crippen LogP contribution < -0.4 is 15.4 Å². The zero-order chi connectivity index (χ0) is 26.5. The van der Waals surface area contributed by atoms with Crippen LogP contribution in [0.5, 0.6) is 5.75 Å². The lowest BCUT2D eigenvalue weighted by Gasteiger charge is -2.25. The van der Waals surface area contributed by atoms with E-state index in [1.807, 2.05) is 12.1 Å². The summed E-state index contributed by atoms with van der Waals surface area (Å²) in [5.41, 5.74) is 1.29. The number of Topliss-reactive ketones (excluding diaryl/α,β-unsaturated/α-hetero) is 1. The molecule has 6 nitrogen and oxygen atoms in total. The quantitative estimate of drug-likeness (QED) is 0.336. The van der Waals surface area contributed by atoms with E-state index in [9.17, 15) is 18.4 Å². The first-order valence-corrected chi connectivity index (χ1v) is 12.1. The van der Waals surface area contributed by atoms with Crippen molar-refractivity contribution >= 4 is 23.1 Å². The molecule has 0 bridgehead atoms. The molecule has 1 saturated heterocycles. The molecule has 4 rings (SSSR count). The summed E-state index contributed by atoms with van der Waals surface area (Å²) in [4.78, 5) is 26.2.